The Hall–Kier alpha value is -2.06. The zero-order valence-corrected chi connectivity index (χ0v) is 18.8. The second kappa shape index (κ2) is 7.27. The molecule has 4 rings (SSSR count). The monoisotopic (exact) mass is 446 g/mol. The molecule has 9 heteroatoms. The molecule has 3 aromatic rings. The number of rotatable bonds is 3. The van der Waals surface area contributed by atoms with Gasteiger partial charge in [0.25, 0.3) is 0 Å². The molecule has 2 heterocycles. The van der Waals surface area contributed by atoms with Crippen LogP contribution in [-0.2, 0) is 14.1 Å². The van der Waals surface area contributed by atoms with Gasteiger partial charge in [-0.2, -0.15) is 5.10 Å². The highest BCUT2D eigenvalue weighted by atomic mass is 35.5. The van der Waals surface area contributed by atoms with E-state index in [1.165, 1.54) is 6.92 Å². The molecule has 1 fully saturated rings. The summed E-state index contributed by atoms with van der Waals surface area (Å²) < 4.78 is 18.9. The van der Waals surface area contributed by atoms with Crippen LogP contribution in [0.25, 0.3) is 16.6 Å². The van der Waals surface area contributed by atoms with Crippen molar-refractivity contribution in [3.8, 4) is 11.4 Å². The van der Waals surface area contributed by atoms with Gasteiger partial charge in [-0.15, -0.1) is 0 Å². The van der Waals surface area contributed by atoms with Crippen LogP contribution in [0.4, 0.5) is 0 Å². The molecule has 0 N–H and O–H groups in total. The van der Waals surface area contributed by atoms with Crippen molar-refractivity contribution in [2.45, 2.75) is 45.8 Å². The molecule has 6 nitrogen and oxygen atoms in total. The number of benzene rings is 2. The molecular formula is C21H21BCl2N2O4. The van der Waals surface area contributed by atoms with E-state index in [-0.39, 0.29) is 5.97 Å². The van der Waals surface area contributed by atoms with Crippen molar-refractivity contribution in [1.82, 2.24) is 9.78 Å². The highest BCUT2D eigenvalue weighted by Crippen LogP contribution is 2.37. The van der Waals surface area contributed by atoms with E-state index < -0.39 is 18.3 Å². The Balaban J connectivity index is 1.73. The average molecular weight is 447 g/mol. The van der Waals surface area contributed by atoms with Crippen LogP contribution in [0.1, 0.15) is 34.6 Å². The summed E-state index contributed by atoms with van der Waals surface area (Å²) in [7, 11) is -0.556. The van der Waals surface area contributed by atoms with Crippen molar-refractivity contribution in [1.29, 1.82) is 0 Å². The maximum absolute atomic E-state index is 11.1. The van der Waals surface area contributed by atoms with Gasteiger partial charge in [-0.1, -0.05) is 23.2 Å². The quantitative estimate of drug-likeness (QED) is 0.335. The summed E-state index contributed by atoms with van der Waals surface area (Å²) in [6.07, 6.45) is 0. The standard InChI is InChI=1S/C21H21BCl2N2O4/c1-12(27)28-15-8-6-14(7-9-15)26-19(24)16-10-13(11-17(23)18(16)25-26)22-29-20(2,3)21(4,5)30-22/h6-11H,1-5H3. The number of aromatic nitrogens is 2. The number of carbonyl (C=O) groups excluding carboxylic acids is 1. The van der Waals surface area contributed by atoms with Crippen LogP contribution in [0.5, 0.6) is 5.75 Å². The Morgan fingerprint density at radius 2 is 1.67 bits per heavy atom. The van der Waals surface area contributed by atoms with Gasteiger partial charge in [-0.25, -0.2) is 4.68 Å². The Kier molecular flexibility index (Phi) is 5.14. The molecule has 0 bridgehead atoms. The number of esters is 1. The van der Waals surface area contributed by atoms with E-state index in [0.29, 0.717) is 32.5 Å². The lowest BCUT2D eigenvalue weighted by molar-refractivity contribution is -0.131. The van der Waals surface area contributed by atoms with E-state index in [1.807, 2.05) is 33.8 Å². The minimum atomic E-state index is -0.556. The normalized spacial score (nSPS) is 17.5. The van der Waals surface area contributed by atoms with Crippen LogP contribution in [0.3, 0.4) is 0 Å². The van der Waals surface area contributed by atoms with Crippen molar-refractivity contribution < 1.29 is 18.8 Å². The third-order valence-corrected chi connectivity index (χ3v) is 6.21. The third-order valence-electron chi connectivity index (χ3n) is 5.56. The van der Waals surface area contributed by atoms with E-state index in [9.17, 15) is 4.79 Å². The molecule has 0 unspecified atom stereocenters. The van der Waals surface area contributed by atoms with Crippen molar-refractivity contribution in [3.63, 3.8) is 0 Å². The molecule has 0 aliphatic carbocycles. The smallest absolute Gasteiger partial charge is 0.427 e. The first-order valence-corrected chi connectivity index (χ1v) is 10.3. The number of fused-ring (bicyclic) bond motifs is 1. The first kappa shape index (κ1) is 21.2. The maximum Gasteiger partial charge on any atom is 0.494 e. The Morgan fingerprint density at radius 1 is 1.07 bits per heavy atom. The lowest BCUT2D eigenvalue weighted by Crippen LogP contribution is -2.41. The van der Waals surface area contributed by atoms with E-state index in [2.05, 4.69) is 5.10 Å². The predicted octanol–water partition coefficient (Wildman–Crippen LogP) is 4.56. The zero-order valence-electron chi connectivity index (χ0n) is 17.3. The van der Waals surface area contributed by atoms with E-state index in [4.69, 9.17) is 37.2 Å². The summed E-state index contributed by atoms with van der Waals surface area (Å²) in [6.45, 7) is 9.34. The Labute approximate surface area is 185 Å². The number of hydrogen-bond donors (Lipinski definition) is 0. The second-order valence-electron chi connectivity index (χ2n) is 8.28. The fourth-order valence-corrected chi connectivity index (χ4v) is 3.79. The van der Waals surface area contributed by atoms with Gasteiger partial charge >= 0.3 is 13.1 Å². The molecule has 156 valence electrons. The Morgan fingerprint density at radius 3 is 2.23 bits per heavy atom. The molecule has 1 saturated heterocycles. The largest absolute Gasteiger partial charge is 0.494 e. The van der Waals surface area contributed by atoms with Gasteiger partial charge in [-0.3, -0.25) is 4.79 Å². The SMILES string of the molecule is CC(=O)Oc1ccc(-n2nc3c(Cl)cc(B4OC(C)(C)C(C)(C)O4)cc3c2Cl)cc1. The molecular weight excluding hydrogens is 426 g/mol. The summed E-state index contributed by atoms with van der Waals surface area (Å²) in [4.78, 5) is 11.1. The number of hydrogen-bond acceptors (Lipinski definition) is 5. The van der Waals surface area contributed by atoms with Crippen LogP contribution in [-0.4, -0.2) is 34.1 Å². The van der Waals surface area contributed by atoms with Crippen molar-refractivity contribution in [2.75, 3.05) is 0 Å². The maximum atomic E-state index is 11.1. The molecule has 0 saturated carbocycles. The second-order valence-corrected chi connectivity index (χ2v) is 9.04. The van der Waals surface area contributed by atoms with Crippen LogP contribution < -0.4 is 10.2 Å². The minimum absolute atomic E-state index is 0.382. The van der Waals surface area contributed by atoms with Crippen molar-refractivity contribution in [3.05, 3.63) is 46.6 Å². The zero-order chi connectivity index (χ0) is 21.8. The highest BCUT2D eigenvalue weighted by molar-refractivity contribution is 6.63. The van der Waals surface area contributed by atoms with Gasteiger partial charge in [-0.05, 0) is 69.6 Å². The molecule has 30 heavy (non-hydrogen) atoms. The number of ether oxygens (including phenoxy) is 1. The van der Waals surface area contributed by atoms with Gasteiger partial charge in [0, 0.05) is 12.3 Å². The highest BCUT2D eigenvalue weighted by Gasteiger charge is 2.51. The van der Waals surface area contributed by atoms with Gasteiger partial charge in [0.2, 0.25) is 0 Å². The topological polar surface area (TPSA) is 62.6 Å². The summed E-state index contributed by atoms with van der Waals surface area (Å²) in [5, 5.41) is 6.11. The summed E-state index contributed by atoms with van der Waals surface area (Å²) in [5.74, 6) is 0.0628. The third kappa shape index (κ3) is 3.60. The molecule has 1 aliphatic rings. The van der Waals surface area contributed by atoms with Crippen molar-refractivity contribution in [2.24, 2.45) is 0 Å². The lowest BCUT2D eigenvalue weighted by atomic mass is 9.78. The van der Waals surface area contributed by atoms with Gasteiger partial charge < -0.3 is 14.0 Å². The lowest BCUT2D eigenvalue weighted by Gasteiger charge is -2.32. The molecule has 0 amide bonds. The fraction of sp³-hybridized carbons (Fsp3) is 0.333. The number of nitrogens with zero attached hydrogens (tertiary/aromatic N) is 2. The molecule has 0 atom stereocenters. The molecule has 0 radical (unpaired) electrons. The molecule has 1 aliphatic heterocycles. The van der Waals surface area contributed by atoms with E-state index in [0.717, 1.165) is 5.46 Å². The van der Waals surface area contributed by atoms with Gasteiger partial charge in [0.1, 0.15) is 16.4 Å². The average Bonchev–Trinajstić information content (AvgIpc) is 3.09. The fourth-order valence-electron chi connectivity index (χ4n) is 3.24. The van der Waals surface area contributed by atoms with Crippen LogP contribution in [0, 0.1) is 0 Å². The minimum Gasteiger partial charge on any atom is -0.427 e. The summed E-state index contributed by atoms with van der Waals surface area (Å²) in [6, 6.07) is 10.6. The van der Waals surface area contributed by atoms with Crippen LogP contribution in [0.2, 0.25) is 10.2 Å². The summed E-state index contributed by atoms with van der Waals surface area (Å²) >= 11 is 13.2. The van der Waals surface area contributed by atoms with Crippen LogP contribution in [0.15, 0.2) is 36.4 Å². The summed E-state index contributed by atoms with van der Waals surface area (Å²) in [5.41, 5.74) is 1.14. The number of halogens is 2. The molecule has 0 spiro atoms. The van der Waals surface area contributed by atoms with Crippen molar-refractivity contribution >= 4 is 52.7 Å². The molecule has 2 aromatic carbocycles. The predicted molar refractivity (Wildman–Crippen MR) is 118 cm³/mol. The van der Waals surface area contributed by atoms with E-state index in [1.54, 1.807) is 35.0 Å². The van der Waals surface area contributed by atoms with E-state index >= 15 is 0 Å². The Bertz CT molecular complexity index is 1130. The number of carbonyl (C=O) groups is 1. The van der Waals surface area contributed by atoms with Gasteiger partial charge in [0.05, 0.1) is 21.9 Å². The molecule has 1 aromatic heterocycles. The van der Waals surface area contributed by atoms with Crippen LogP contribution >= 0.6 is 23.2 Å². The van der Waals surface area contributed by atoms with Gasteiger partial charge in [0.15, 0.2) is 0 Å². The first-order chi connectivity index (χ1) is 14.0. The first-order valence-electron chi connectivity index (χ1n) is 9.51.